The zero-order valence-corrected chi connectivity index (χ0v) is 15.7. The van der Waals surface area contributed by atoms with Gasteiger partial charge in [-0.2, -0.15) is 5.10 Å². The minimum atomic E-state index is -0.129. The third-order valence-corrected chi connectivity index (χ3v) is 4.17. The summed E-state index contributed by atoms with van der Waals surface area (Å²) in [6.45, 7) is 1.99. The first-order chi connectivity index (χ1) is 12.4. The molecule has 0 aliphatic carbocycles. The SMILES string of the molecule is Cc1nn(C)cc1C(=O)/C=C/c1ccc(COc2cc(Cl)ccc2Cl)o1. The maximum atomic E-state index is 12.2. The molecule has 0 saturated carbocycles. The van der Waals surface area contributed by atoms with E-state index in [4.69, 9.17) is 32.4 Å². The number of halogens is 2. The van der Waals surface area contributed by atoms with Gasteiger partial charge in [-0.25, -0.2) is 0 Å². The van der Waals surface area contributed by atoms with E-state index in [1.807, 2.05) is 0 Å². The van der Waals surface area contributed by atoms with Crippen LogP contribution in [0.15, 0.2) is 47.0 Å². The van der Waals surface area contributed by atoms with Crippen molar-refractivity contribution in [2.24, 2.45) is 7.05 Å². The number of hydrogen-bond acceptors (Lipinski definition) is 4. The molecule has 2 heterocycles. The molecule has 0 aliphatic heterocycles. The van der Waals surface area contributed by atoms with Crippen molar-refractivity contribution >= 4 is 35.1 Å². The minimum Gasteiger partial charge on any atom is -0.484 e. The minimum absolute atomic E-state index is 0.129. The molecule has 7 heteroatoms. The van der Waals surface area contributed by atoms with Gasteiger partial charge < -0.3 is 9.15 Å². The molecule has 0 saturated heterocycles. The van der Waals surface area contributed by atoms with Crippen molar-refractivity contribution in [1.82, 2.24) is 9.78 Å². The van der Waals surface area contributed by atoms with Crippen molar-refractivity contribution in [3.8, 4) is 5.75 Å². The standard InChI is InChI=1S/C19H16Cl2N2O3/c1-12-16(10-23(2)22-12)18(24)8-6-14-4-5-15(26-14)11-25-19-9-13(20)3-7-17(19)21/h3-10H,11H2,1-2H3/b8-6+. The van der Waals surface area contributed by atoms with Gasteiger partial charge in [-0.15, -0.1) is 0 Å². The number of aryl methyl sites for hydroxylation is 2. The first-order valence-corrected chi connectivity index (χ1v) is 8.57. The molecule has 0 aliphatic rings. The molecular formula is C19H16Cl2N2O3. The van der Waals surface area contributed by atoms with Crippen LogP contribution in [0.4, 0.5) is 0 Å². The van der Waals surface area contributed by atoms with Crippen LogP contribution in [-0.2, 0) is 13.7 Å². The lowest BCUT2D eigenvalue weighted by Gasteiger charge is -2.06. The Hall–Kier alpha value is -2.50. The zero-order chi connectivity index (χ0) is 18.7. The fourth-order valence-corrected chi connectivity index (χ4v) is 2.72. The topological polar surface area (TPSA) is 57.3 Å². The van der Waals surface area contributed by atoms with Crippen molar-refractivity contribution in [2.45, 2.75) is 13.5 Å². The average molecular weight is 391 g/mol. The number of hydrogen-bond donors (Lipinski definition) is 0. The molecule has 0 radical (unpaired) electrons. The molecule has 3 aromatic rings. The Balaban J connectivity index is 1.63. The van der Waals surface area contributed by atoms with Crippen molar-refractivity contribution in [3.63, 3.8) is 0 Å². The summed E-state index contributed by atoms with van der Waals surface area (Å²) in [5.74, 6) is 1.51. The smallest absolute Gasteiger partial charge is 0.189 e. The summed E-state index contributed by atoms with van der Waals surface area (Å²) in [5, 5.41) is 5.17. The summed E-state index contributed by atoms with van der Waals surface area (Å²) in [5.41, 5.74) is 1.25. The van der Waals surface area contributed by atoms with E-state index in [-0.39, 0.29) is 12.4 Å². The van der Waals surface area contributed by atoms with E-state index in [2.05, 4.69) is 5.10 Å². The van der Waals surface area contributed by atoms with Crippen molar-refractivity contribution in [1.29, 1.82) is 0 Å². The van der Waals surface area contributed by atoms with Gasteiger partial charge in [0.15, 0.2) is 5.78 Å². The predicted octanol–water partition coefficient (Wildman–Crippen LogP) is 5.10. The Morgan fingerprint density at radius 1 is 1.31 bits per heavy atom. The monoisotopic (exact) mass is 390 g/mol. The highest BCUT2D eigenvalue weighted by Gasteiger charge is 2.10. The second kappa shape index (κ2) is 7.81. The fraction of sp³-hybridized carbons (Fsp3) is 0.158. The first-order valence-electron chi connectivity index (χ1n) is 7.81. The van der Waals surface area contributed by atoms with Crippen LogP contribution >= 0.6 is 23.2 Å². The van der Waals surface area contributed by atoms with Gasteiger partial charge in [0.1, 0.15) is 23.9 Å². The maximum Gasteiger partial charge on any atom is 0.189 e. The molecule has 0 fully saturated rings. The van der Waals surface area contributed by atoms with Crippen LogP contribution in [0.25, 0.3) is 6.08 Å². The molecule has 26 heavy (non-hydrogen) atoms. The molecular weight excluding hydrogens is 375 g/mol. The van der Waals surface area contributed by atoms with Crippen LogP contribution < -0.4 is 4.74 Å². The summed E-state index contributed by atoms with van der Waals surface area (Å²) < 4.78 is 12.9. The lowest BCUT2D eigenvalue weighted by Crippen LogP contribution is -1.94. The summed E-state index contributed by atoms with van der Waals surface area (Å²) in [4.78, 5) is 12.2. The molecule has 0 spiro atoms. The van der Waals surface area contributed by atoms with Gasteiger partial charge in [0, 0.05) is 24.3 Å². The Kier molecular flexibility index (Phi) is 5.49. The molecule has 0 N–H and O–H groups in total. The Morgan fingerprint density at radius 3 is 2.85 bits per heavy atom. The highest BCUT2D eigenvalue weighted by Crippen LogP contribution is 2.28. The maximum absolute atomic E-state index is 12.2. The van der Waals surface area contributed by atoms with Crippen molar-refractivity contribution in [3.05, 3.63) is 75.4 Å². The van der Waals surface area contributed by atoms with E-state index in [1.165, 1.54) is 6.08 Å². The molecule has 0 amide bonds. The van der Waals surface area contributed by atoms with Crippen LogP contribution in [0.5, 0.6) is 5.75 Å². The lowest BCUT2D eigenvalue weighted by atomic mass is 10.1. The number of ketones is 1. The van der Waals surface area contributed by atoms with Gasteiger partial charge in [-0.1, -0.05) is 23.2 Å². The van der Waals surface area contributed by atoms with Crippen LogP contribution in [-0.4, -0.2) is 15.6 Å². The third-order valence-electron chi connectivity index (χ3n) is 3.62. The van der Waals surface area contributed by atoms with Gasteiger partial charge in [-0.05, 0) is 43.3 Å². The van der Waals surface area contributed by atoms with Gasteiger partial charge in [-0.3, -0.25) is 9.48 Å². The van der Waals surface area contributed by atoms with Gasteiger partial charge in [0.2, 0.25) is 0 Å². The van der Waals surface area contributed by atoms with E-state index in [0.29, 0.717) is 38.6 Å². The fourth-order valence-electron chi connectivity index (χ4n) is 2.39. The zero-order valence-electron chi connectivity index (χ0n) is 14.2. The summed E-state index contributed by atoms with van der Waals surface area (Å²) in [7, 11) is 1.78. The normalized spacial score (nSPS) is 11.2. The van der Waals surface area contributed by atoms with E-state index in [0.717, 1.165) is 0 Å². The molecule has 0 bridgehead atoms. The van der Waals surface area contributed by atoms with Crippen LogP contribution in [0, 0.1) is 6.92 Å². The highest BCUT2D eigenvalue weighted by molar-refractivity contribution is 6.34. The Morgan fingerprint density at radius 2 is 2.12 bits per heavy atom. The van der Waals surface area contributed by atoms with Crippen molar-refractivity contribution in [2.75, 3.05) is 0 Å². The second-order valence-corrected chi connectivity index (χ2v) is 6.51. The molecule has 1 aromatic carbocycles. The van der Waals surface area contributed by atoms with E-state index in [9.17, 15) is 4.79 Å². The number of allylic oxidation sites excluding steroid dienone is 1. The number of furan rings is 1. The quantitative estimate of drug-likeness (QED) is 0.433. The van der Waals surface area contributed by atoms with E-state index < -0.39 is 0 Å². The van der Waals surface area contributed by atoms with Crippen LogP contribution in [0.1, 0.15) is 27.6 Å². The Labute approximate surface area is 160 Å². The molecule has 2 aromatic heterocycles. The number of benzene rings is 1. The molecule has 0 unspecified atom stereocenters. The summed E-state index contributed by atoms with van der Waals surface area (Å²) >= 11 is 12.0. The van der Waals surface area contributed by atoms with Gasteiger partial charge >= 0.3 is 0 Å². The molecule has 134 valence electrons. The van der Waals surface area contributed by atoms with E-state index in [1.54, 1.807) is 61.3 Å². The summed E-state index contributed by atoms with van der Waals surface area (Å²) in [6, 6.07) is 8.54. The predicted molar refractivity (Wildman–Crippen MR) is 101 cm³/mol. The highest BCUT2D eigenvalue weighted by atomic mass is 35.5. The molecule has 3 rings (SSSR count). The van der Waals surface area contributed by atoms with E-state index >= 15 is 0 Å². The van der Waals surface area contributed by atoms with Crippen LogP contribution in [0.2, 0.25) is 10.0 Å². The number of ether oxygens (including phenoxy) is 1. The Bertz CT molecular complexity index is 973. The number of carbonyl (C=O) groups is 1. The average Bonchev–Trinajstić information content (AvgIpc) is 3.19. The van der Waals surface area contributed by atoms with Gasteiger partial charge in [0.05, 0.1) is 16.3 Å². The summed E-state index contributed by atoms with van der Waals surface area (Å²) in [6.07, 6.45) is 4.77. The van der Waals surface area contributed by atoms with Gasteiger partial charge in [0.25, 0.3) is 0 Å². The third kappa shape index (κ3) is 4.36. The largest absolute Gasteiger partial charge is 0.484 e. The number of carbonyl (C=O) groups excluding carboxylic acids is 1. The molecule has 0 atom stereocenters. The lowest BCUT2D eigenvalue weighted by molar-refractivity contribution is 0.104. The first kappa shape index (κ1) is 18.3. The number of rotatable bonds is 6. The number of aromatic nitrogens is 2. The van der Waals surface area contributed by atoms with Crippen molar-refractivity contribution < 1.29 is 13.9 Å². The number of nitrogens with zero attached hydrogens (tertiary/aromatic N) is 2. The molecule has 5 nitrogen and oxygen atoms in total. The second-order valence-electron chi connectivity index (χ2n) is 5.67. The van der Waals surface area contributed by atoms with Crippen LogP contribution in [0.3, 0.4) is 0 Å².